The number of nitrogens with zero attached hydrogens (tertiary/aromatic N) is 3. The Morgan fingerprint density at radius 3 is 2.86 bits per heavy atom. The van der Waals surface area contributed by atoms with E-state index >= 15 is 0 Å². The van der Waals surface area contributed by atoms with Crippen molar-refractivity contribution in [1.29, 1.82) is 0 Å². The molecular weight excluding hydrogens is 178 g/mol. The molecule has 2 aromatic rings. The van der Waals surface area contributed by atoms with Crippen molar-refractivity contribution >= 4 is 6.29 Å². The van der Waals surface area contributed by atoms with Gasteiger partial charge in [-0.25, -0.2) is 9.67 Å². The van der Waals surface area contributed by atoms with E-state index in [4.69, 9.17) is 0 Å². The summed E-state index contributed by atoms with van der Waals surface area (Å²) in [7, 11) is 0. The van der Waals surface area contributed by atoms with E-state index in [-0.39, 0.29) is 0 Å². The standard InChI is InChI=1S/C10H9N3O/c1-8-9(7-14)6-13(12-8)10-4-2-3-5-11-10/h2-7H,1H3. The molecule has 4 nitrogen and oxygen atoms in total. The Hall–Kier alpha value is -1.97. The minimum absolute atomic E-state index is 0.593. The molecule has 4 heteroatoms. The molecule has 0 atom stereocenters. The van der Waals surface area contributed by atoms with E-state index in [0.717, 1.165) is 6.29 Å². The van der Waals surface area contributed by atoms with Crippen molar-refractivity contribution < 1.29 is 4.79 Å². The summed E-state index contributed by atoms with van der Waals surface area (Å²) in [5, 5.41) is 4.17. The maximum absolute atomic E-state index is 10.6. The Morgan fingerprint density at radius 1 is 1.43 bits per heavy atom. The average Bonchev–Trinajstić information content (AvgIpc) is 2.61. The van der Waals surface area contributed by atoms with Gasteiger partial charge < -0.3 is 0 Å². The molecule has 0 N–H and O–H groups in total. The summed E-state index contributed by atoms with van der Waals surface area (Å²) < 4.78 is 1.60. The Morgan fingerprint density at radius 2 is 2.29 bits per heavy atom. The fourth-order valence-corrected chi connectivity index (χ4v) is 1.20. The summed E-state index contributed by atoms with van der Waals surface area (Å²) >= 11 is 0. The van der Waals surface area contributed by atoms with Crippen molar-refractivity contribution in [3.05, 3.63) is 41.9 Å². The van der Waals surface area contributed by atoms with Gasteiger partial charge in [-0.3, -0.25) is 4.79 Å². The molecular formula is C10H9N3O. The highest BCUT2D eigenvalue weighted by Gasteiger charge is 2.04. The predicted molar refractivity (Wildman–Crippen MR) is 51.5 cm³/mol. The molecule has 0 aliphatic carbocycles. The maximum atomic E-state index is 10.6. The number of pyridine rings is 1. The molecule has 14 heavy (non-hydrogen) atoms. The van der Waals surface area contributed by atoms with Gasteiger partial charge in [-0.1, -0.05) is 6.07 Å². The molecule has 0 saturated carbocycles. The fourth-order valence-electron chi connectivity index (χ4n) is 1.20. The monoisotopic (exact) mass is 187 g/mol. The molecule has 0 unspecified atom stereocenters. The number of carbonyl (C=O) groups excluding carboxylic acids is 1. The molecule has 0 aliphatic rings. The van der Waals surface area contributed by atoms with Crippen molar-refractivity contribution in [3.63, 3.8) is 0 Å². The number of aldehydes is 1. The zero-order chi connectivity index (χ0) is 9.97. The van der Waals surface area contributed by atoms with Crippen LogP contribution in [0.15, 0.2) is 30.6 Å². The van der Waals surface area contributed by atoms with Crippen molar-refractivity contribution in [1.82, 2.24) is 14.8 Å². The topological polar surface area (TPSA) is 47.8 Å². The van der Waals surface area contributed by atoms with E-state index in [2.05, 4.69) is 10.1 Å². The number of aryl methyl sites for hydroxylation is 1. The highest BCUT2D eigenvalue weighted by molar-refractivity contribution is 5.75. The maximum Gasteiger partial charge on any atom is 0.153 e. The van der Waals surface area contributed by atoms with Crippen LogP contribution in [0.2, 0.25) is 0 Å². The van der Waals surface area contributed by atoms with Crippen LogP contribution in [0.4, 0.5) is 0 Å². The van der Waals surface area contributed by atoms with Gasteiger partial charge in [0.1, 0.15) is 0 Å². The quantitative estimate of drug-likeness (QED) is 0.667. The first-order valence-corrected chi connectivity index (χ1v) is 4.24. The zero-order valence-electron chi connectivity index (χ0n) is 7.71. The van der Waals surface area contributed by atoms with Crippen LogP contribution in [0, 0.1) is 6.92 Å². The van der Waals surface area contributed by atoms with E-state index in [1.807, 2.05) is 18.2 Å². The van der Waals surface area contributed by atoms with E-state index < -0.39 is 0 Å². The van der Waals surface area contributed by atoms with Crippen LogP contribution in [-0.4, -0.2) is 21.1 Å². The Bertz CT molecular complexity index is 448. The zero-order valence-corrected chi connectivity index (χ0v) is 7.71. The predicted octanol–water partition coefficient (Wildman–Crippen LogP) is 1.39. The van der Waals surface area contributed by atoms with Gasteiger partial charge in [0.15, 0.2) is 12.1 Å². The highest BCUT2D eigenvalue weighted by atomic mass is 16.1. The summed E-state index contributed by atoms with van der Waals surface area (Å²) in [5.74, 6) is 0.712. The summed E-state index contributed by atoms with van der Waals surface area (Å²) in [6.45, 7) is 1.79. The molecule has 0 amide bonds. The minimum Gasteiger partial charge on any atom is -0.298 e. The first-order chi connectivity index (χ1) is 6.81. The smallest absolute Gasteiger partial charge is 0.153 e. The molecule has 2 rings (SSSR count). The van der Waals surface area contributed by atoms with E-state index in [1.54, 1.807) is 24.0 Å². The molecule has 0 aliphatic heterocycles. The van der Waals surface area contributed by atoms with Crippen LogP contribution in [-0.2, 0) is 0 Å². The van der Waals surface area contributed by atoms with Gasteiger partial charge in [-0.2, -0.15) is 5.10 Å². The van der Waals surface area contributed by atoms with Gasteiger partial charge in [0, 0.05) is 12.4 Å². The van der Waals surface area contributed by atoms with Crippen LogP contribution in [0.1, 0.15) is 16.1 Å². The lowest BCUT2D eigenvalue weighted by atomic mass is 10.3. The second kappa shape index (κ2) is 3.41. The second-order valence-corrected chi connectivity index (χ2v) is 2.92. The van der Waals surface area contributed by atoms with Crippen molar-refractivity contribution in [2.24, 2.45) is 0 Å². The Balaban J connectivity index is 2.48. The molecule has 2 aromatic heterocycles. The van der Waals surface area contributed by atoms with E-state index in [9.17, 15) is 4.79 Å². The SMILES string of the molecule is Cc1nn(-c2ccccn2)cc1C=O. The lowest BCUT2D eigenvalue weighted by molar-refractivity contribution is 0.112. The van der Waals surface area contributed by atoms with Crippen molar-refractivity contribution in [2.45, 2.75) is 6.92 Å². The minimum atomic E-state index is 0.593. The number of carbonyl (C=O) groups is 1. The van der Waals surface area contributed by atoms with Crippen LogP contribution in [0.25, 0.3) is 5.82 Å². The Kier molecular flexibility index (Phi) is 2.10. The average molecular weight is 187 g/mol. The number of aromatic nitrogens is 3. The van der Waals surface area contributed by atoms with Crippen LogP contribution in [0.5, 0.6) is 0 Å². The molecule has 0 bridgehead atoms. The third-order valence-corrected chi connectivity index (χ3v) is 1.95. The normalized spacial score (nSPS) is 10.1. The summed E-state index contributed by atoms with van der Waals surface area (Å²) in [6.07, 6.45) is 4.15. The van der Waals surface area contributed by atoms with Crippen molar-refractivity contribution in [3.8, 4) is 5.82 Å². The lowest BCUT2D eigenvalue weighted by Crippen LogP contribution is -1.96. The lowest BCUT2D eigenvalue weighted by Gasteiger charge is -1.96. The summed E-state index contributed by atoms with van der Waals surface area (Å²) in [6, 6.07) is 5.54. The molecule has 0 fully saturated rings. The summed E-state index contributed by atoms with van der Waals surface area (Å²) in [4.78, 5) is 14.7. The van der Waals surface area contributed by atoms with Crippen LogP contribution >= 0.6 is 0 Å². The van der Waals surface area contributed by atoms with E-state index in [1.165, 1.54) is 0 Å². The van der Waals surface area contributed by atoms with Gasteiger partial charge in [0.25, 0.3) is 0 Å². The molecule has 70 valence electrons. The van der Waals surface area contributed by atoms with Gasteiger partial charge in [0.2, 0.25) is 0 Å². The molecule has 0 saturated heterocycles. The summed E-state index contributed by atoms with van der Waals surface area (Å²) in [5.41, 5.74) is 1.31. The number of hydrogen-bond donors (Lipinski definition) is 0. The number of rotatable bonds is 2. The highest BCUT2D eigenvalue weighted by Crippen LogP contribution is 2.07. The first-order valence-electron chi connectivity index (χ1n) is 4.24. The largest absolute Gasteiger partial charge is 0.298 e. The molecule has 0 radical (unpaired) electrons. The number of hydrogen-bond acceptors (Lipinski definition) is 3. The van der Waals surface area contributed by atoms with Gasteiger partial charge in [-0.05, 0) is 19.1 Å². The second-order valence-electron chi connectivity index (χ2n) is 2.92. The third-order valence-electron chi connectivity index (χ3n) is 1.95. The van der Waals surface area contributed by atoms with E-state index in [0.29, 0.717) is 17.1 Å². The van der Waals surface area contributed by atoms with Gasteiger partial charge in [0.05, 0.1) is 11.3 Å². The molecule has 0 aromatic carbocycles. The Labute approximate surface area is 81.2 Å². The van der Waals surface area contributed by atoms with Gasteiger partial charge in [-0.15, -0.1) is 0 Å². The van der Waals surface area contributed by atoms with Gasteiger partial charge >= 0.3 is 0 Å². The molecule has 2 heterocycles. The first kappa shape index (κ1) is 8.62. The van der Waals surface area contributed by atoms with Crippen LogP contribution < -0.4 is 0 Å². The molecule has 0 spiro atoms. The fraction of sp³-hybridized carbons (Fsp3) is 0.100. The van der Waals surface area contributed by atoms with Crippen molar-refractivity contribution in [2.75, 3.05) is 0 Å². The van der Waals surface area contributed by atoms with Crippen LogP contribution in [0.3, 0.4) is 0 Å². The third kappa shape index (κ3) is 1.42.